The number of hydrogen-bond acceptors (Lipinski definition) is 3. The fourth-order valence-electron chi connectivity index (χ4n) is 2.99. The molecule has 0 fully saturated rings. The normalized spacial score (nSPS) is 10.3. The molecular formula is C24H22N2O3. The number of aryl methyl sites for hydroxylation is 2. The van der Waals surface area contributed by atoms with Gasteiger partial charge in [-0.15, -0.1) is 0 Å². The molecule has 29 heavy (non-hydrogen) atoms. The minimum Gasteiger partial charge on any atom is -0.326 e. The number of ketones is 1. The highest BCUT2D eigenvalue weighted by Gasteiger charge is 2.18. The lowest BCUT2D eigenvalue weighted by atomic mass is 9.95. The van der Waals surface area contributed by atoms with Gasteiger partial charge in [0.1, 0.15) is 0 Å². The molecule has 2 amide bonds. The molecule has 3 rings (SSSR count). The van der Waals surface area contributed by atoms with Gasteiger partial charge in [-0.05, 0) is 55.3 Å². The van der Waals surface area contributed by atoms with Crippen LogP contribution in [0.1, 0.15) is 44.3 Å². The molecule has 0 spiro atoms. The fourth-order valence-corrected chi connectivity index (χ4v) is 2.99. The molecule has 0 atom stereocenters. The van der Waals surface area contributed by atoms with Crippen LogP contribution in [0.2, 0.25) is 0 Å². The second-order valence-corrected chi connectivity index (χ2v) is 6.89. The zero-order valence-corrected chi connectivity index (χ0v) is 16.6. The molecule has 0 saturated carbocycles. The summed E-state index contributed by atoms with van der Waals surface area (Å²) in [5, 5.41) is 5.47. The first-order valence-electron chi connectivity index (χ1n) is 9.25. The van der Waals surface area contributed by atoms with E-state index >= 15 is 0 Å². The van der Waals surface area contributed by atoms with Crippen LogP contribution in [0.4, 0.5) is 11.4 Å². The van der Waals surface area contributed by atoms with Crippen LogP contribution in [0.15, 0.2) is 66.7 Å². The Kier molecular flexibility index (Phi) is 5.88. The molecule has 0 unspecified atom stereocenters. The van der Waals surface area contributed by atoms with E-state index in [2.05, 4.69) is 10.6 Å². The lowest BCUT2D eigenvalue weighted by Crippen LogP contribution is -2.17. The molecule has 146 valence electrons. The Morgan fingerprint density at radius 2 is 1.34 bits per heavy atom. The Balaban J connectivity index is 1.88. The van der Waals surface area contributed by atoms with Crippen molar-refractivity contribution in [2.24, 2.45) is 0 Å². The van der Waals surface area contributed by atoms with Crippen LogP contribution in [0, 0.1) is 13.8 Å². The van der Waals surface area contributed by atoms with E-state index < -0.39 is 5.91 Å². The maximum Gasteiger partial charge on any atom is 0.256 e. The third-order valence-electron chi connectivity index (χ3n) is 4.63. The Labute approximate surface area is 169 Å². The van der Waals surface area contributed by atoms with Crippen LogP contribution in [0.25, 0.3) is 0 Å². The third kappa shape index (κ3) is 4.76. The van der Waals surface area contributed by atoms with Gasteiger partial charge in [0.15, 0.2) is 5.78 Å². The number of carbonyl (C=O) groups is 3. The summed E-state index contributed by atoms with van der Waals surface area (Å²) in [6, 6.07) is 19.1. The summed E-state index contributed by atoms with van der Waals surface area (Å²) in [5.74, 6) is -0.790. The molecule has 2 N–H and O–H groups in total. The average molecular weight is 386 g/mol. The van der Waals surface area contributed by atoms with Gasteiger partial charge in [-0.2, -0.15) is 0 Å². The molecule has 0 radical (unpaired) electrons. The maximum absolute atomic E-state index is 13.0. The van der Waals surface area contributed by atoms with Gasteiger partial charge in [0.2, 0.25) is 5.91 Å². The van der Waals surface area contributed by atoms with Gasteiger partial charge in [0, 0.05) is 29.4 Å². The molecular weight excluding hydrogens is 364 g/mol. The predicted molar refractivity (Wildman–Crippen MR) is 114 cm³/mol. The van der Waals surface area contributed by atoms with Crippen LogP contribution in [-0.4, -0.2) is 17.6 Å². The first-order chi connectivity index (χ1) is 13.8. The van der Waals surface area contributed by atoms with E-state index in [-0.39, 0.29) is 11.7 Å². The van der Waals surface area contributed by atoms with Gasteiger partial charge in [-0.1, -0.05) is 36.4 Å². The second kappa shape index (κ2) is 8.52. The highest BCUT2D eigenvalue weighted by molar-refractivity contribution is 6.17. The Bertz CT molecular complexity index is 1100. The summed E-state index contributed by atoms with van der Waals surface area (Å²) < 4.78 is 0. The van der Waals surface area contributed by atoms with E-state index in [1.807, 2.05) is 26.0 Å². The molecule has 5 nitrogen and oxygen atoms in total. The van der Waals surface area contributed by atoms with Gasteiger partial charge >= 0.3 is 0 Å². The Hall–Kier alpha value is -3.73. The zero-order chi connectivity index (χ0) is 21.0. The third-order valence-corrected chi connectivity index (χ3v) is 4.63. The van der Waals surface area contributed by atoms with Crippen molar-refractivity contribution >= 4 is 29.0 Å². The summed E-state index contributed by atoms with van der Waals surface area (Å²) in [6.07, 6.45) is 0. The number of amides is 2. The van der Waals surface area contributed by atoms with Gasteiger partial charge in [0.25, 0.3) is 5.91 Å². The summed E-state index contributed by atoms with van der Waals surface area (Å²) >= 11 is 0. The number of rotatable bonds is 5. The van der Waals surface area contributed by atoms with E-state index in [4.69, 9.17) is 0 Å². The van der Waals surface area contributed by atoms with Crippen molar-refractivity contribution < 1.29 is 14.4 Å². The highest BCUT2D eigenvalue weighted by Crippen LogP contribution is 2.20. The Morgan fingerprint density at radius 3 is 2.00 bits per heavy atom. The molecule has 0 aliphatic carbocycles. The minimum absolute atomic E-state index is 0.196. The van der Waals surface area contributed by atoms with E-state index in [0.29, 0.717) is 28.1 Å². The predicted octanol–water partition coefficient (Wildman–Crippen LogP) is 4.75. The summed E-state index contributed by atoms with van der Waals surface area (Å²) in [6.45, 7) is 5.35. The van der Waals surface area contributed by atoms with Crippen LogP contribution in [0.3, 0.4) is 0 Å². The van der Waals surface area contributed by atoms with Crippen LogP contribution in [-0.2, 0) is 4.79 Å². The average Bonchev–Trinajstić information content (AvgIpc) is 2.69. The number of anilines is 2. The van der Waals surface area contributed by atoms with Crippen molar-refractivity contribution in [3.8, 4) is 0 Å². The van der Waals surface area contributed by atoms with Gasteiger partial charge < -0.3 is 10.6 Å². The van der Waals surface area contributed by atoms with Crippen LogP contribution < -0.4 is 10.6 Å². The molecule has 0 aliphatic rings. The van der Waals surface area contributed by atoms with E-state index in [1.165, 1.54) is 6.92 Å². The molecule has 3 aromatic rings. The second-order valence-electron chi connectivity index (χ2n) is 6.89. The van der Waals surface area contributed by atoms with Crippen LogP contribution >= 0.6 is 0 Å². The van der Waals surface area contributed by atoms with Crippen molar-refractivity contribution in [2.75, 3.05) is 10.6 Å². The topological polar surface area (TPSA) is 75.3 Å². The van der Waals surface area contributed by atoms with Crippen molar-refractivity contribution in [1.82, 2.24) is 0 Å². The summed E-state index contributed by atoms with van der Waals surface area (Å²) in [5.41, 5.74) is 4.40. The smallest absolute Gasteiger partial charge is 0.256 e. The zero-order valence-electron chi connectivity index (χ0n) is 16.6. The van der Waals surface area contributed by atoms with Gasteiger partial charge in [-0.25, -0.2) is 0 Å². The largest absolute Gasteiger partial charge is 0.326 e. The maximum atomic E-state index is 13.0. The molecule has 0 aliphatic heterocycles. The summed E-state index contributed by atoms with van der Waals surface area (Å²) in [4.78, 5) is 37.1. The lowest BCUT2D eigenvalue weighted by molar-refractivity contribution is -0.114. The minimum atomic E-state index is -0.391. The van der Waals surface area contributed by atoms with E-state index in [0.717, 1.165) is 11.1 Å². The lowest BCUT2D eigenvalue weighted by Gasteiger charge is -2.11. The van der Waals surface area contributed by atoms with Gasteiger partial charge in [-0.3, -0.25) is 14.4 Å². The molecule has 0 heterocycles. The van der Waals surface area contributed by atoms with Gasteiger partial charge in [0.05, 0.1) is 5.56 Å². The highest BCUT2D eigenvalue weighted by atomic mass is 16.2. The van der Waals surface area contributed by atoms with Crippen molar-refractivity contribution in [3.63, 3.8) is 0 Å². The van der Waals surface area contributed by atoms with E-state index in [9.17, 15) is 14.4 Å². The van der Waals surface area contributed by atoms with E-state index in [1.54, 1.807) is 54.6 Å². The number of benzene rings is 3. The molecule has 5 heteroatoms. The first kappa shape index (κ1) is 20.0. The fraction of sp³-hybridized carbons (Fsp3) is 0.125. The van der Waals surface area contributed by atoms with Crippen molar-refractivity contribution in [3.05, 3.63) is 94.5 Å². The molecule has 0 bridgehead atoms. The van der Waals surface area contributed by atoms with Crippen molar-refractivity contribution in [1.29, 1.82) is 0 Å². The van der Waals surface area contributed by atoms with Crippen LogP contribution in [0.5, 0.6) is 0 Å². The monoisotopic (exact) mass is 386 g/mol. The standard InChI is InChI=1S/C24H22N2O3/c1-15-11-12-18(13-16(15)2)23(28)21-9-4-5-10-22(21)24(29)26-20-8-6-7-19(14-20)25-17(3)27/h4-14H,1-3H3,(H,25,27)(H,26,29). The van der Waals surface area contributed by atoms with Crippen molar-refractivity contribution in [2.45, 2.75) is 20.8 Å². The quantitative estimate of drug-likeness (QED) is 0.622. The molecule has 0 saturated heterocycles. The number of nitrogens with one attached hydrogen (secondary N) is 2. The number of carbonyl (C=O) groups excluding carboxylic acids is 3. The molecule has 0 aromatic heterocycles. The SMILES string of the molecule is CC(=O)Nc1cccc(NC(=O)c2ccccc2C(=O)c2ccc(C)c(C)c2)c1. The Morgan fingerprint density at radius 1 is 0.690 bits per heavy atom. The molecule has 3 aromatic carbocycles. The summed E-state index contributed by atoms with van der Waals surface area (Å²) in [7, 11) is 0. The number of hydrogen-bond donors (Lipinski definition) is 2. The first-order valence-corrected chi connectivity index (χ1v) is 9.25.